The van der Waals surface area contributed by atoms with Crippen LogP contribution in [0.25, 0.3) is 0 Å². The number of nitrogens with one attached hydrogen (secondary N) is 1. The first kappa shape index (κ1) is 18.8. The van der Waals surface area contributed by atoms with Gasteiger partial charge >= 0.3 is 5.97 Å². The number of hydrogen-bond acceptors (Lipinski definition) is 4. The van der Waals surface area contributed by atoms with Crippen molar-refractivity contribution in [3.05, 3.63) is 56.4 Å². The van der Waals surface area contributed by atoms with Gasteiger partial charge < -0.3 is 14.5 Å². The number of carbonyl (C=O) groups is 2. The molecule has 8 heteroatoms. The molecule has 0 saturated heterocycles. The number of furan rings is 1. The lowest BCUT2D eigenvalue weighted by molar-refractivity contribution is -0.129. The lowest BCUT2D eigenvalue weighted by Gasteiger charge is -2.19. The number of hydrogen-bond donors (Lipinski definition) is 1. The summed E-state index contributed by atoms with van der Waals surface area (Å²) in [6.45, 7) is 3.24. The van der Waals surface area contributed by atoms with Crippen molar-refractivity contribution in [2.24, 2.45) is 0 Å². The van der Waals surface area contributed by atoms with E-state index >= 15 is 0 Å². The predicted octanol–water partition coefficient (Wildman–Crippen LogP) is 4.77. The first-order chi connectivity index (χ1) is 11.3. The zero-order chi connectivity index (χ0) is 17.9. The zero-order valence-electron chi connectivity index (χ0n) is 12.8. The largest absolute Gasteiger partial charge is 0.447 e. The van der Waals surface area contributed by atoms with Crippen LogP contribution in [0.2, 0.25) is 10.0 Å². The van der Waals surface area contributed by atoms with Crippen LogP contribution < -0.4 is 5.32 Å². The van der Waals surface area contributed by atoms with E-state index < -0.39 is 18.0 Å². The third-order valence-corrected chi connectivity index (χ3v) is 4.20. The highest BCUT2D eigenvalue weighted by Crippen LogP contribution is 2.26. The Bertz CT molecular complexity index is 762. The molecule has 0 aliphatic rings. The molecule has 0 radical (unpaired) electrons. The third kappa shape index (κ3) is 4.75. The summed E-state index contributed by atoms with van der Waals surface area (Å²) in [6, 6.07) is 7.65. The third-order valence-electron chi connectivity index (χ3n) is 3.22. The highest BCUT2D eigenvalue weighted by molar-refractivity contribution is 9.10. The minimum atomic E-state index is -0.991. The summed E-state index contributed by atoms with van der Waals surface area (Å²) in [7, 11) is 0. The lowest BCUT2D eigenvalue weighted by atomic mass is 10.1. The number of carbonyl (C=O) groups excluding carboxylic acids is 2. The Balaban J connectivity index is 1.96. The van der Waals surface area contributed by atoms with Gasteiger partial charge in [-0.3, -0.25) is 4.79 Å². The molecule has 24 heavy (non-hydrogen) atoms. The minimum Gasteiger partial charge on any atom is -0.447 e. The second-order valence-corrected chi connectivity index (χ2v) is 6.67. The molecule has 0 bridgehead atoms. The van der Waals surface area contributed by atoms with Crippen molar-refractivity contribution < 1.29 is 18.7 Å². The molecule has 1 aromatic heterocycles. The van der Waals surface area contributed by atoms with E-state index in [1.165, 1.54) is 13.0 Å². The summed E-state index contributed by atoms with van der Waals surface area (Å²) in [5.74, 6) is -1.16. The molecule has 1 N–H and O–H groups in total. The predicted molar refractivity (Wildman–Crippen MR) is 94.3 cm³/mol. The number of amides is 1. The number of halogens is 3. The Morgan fingerprint density at radius 3 is 2.50 bits per heavy atom. The summed E-state index contributed by atoms with van der Waals surface area (Å²) in [6.07, 6.45) is -0.991. The normalized spacial score (nSPS) is 13.2. The van der Waals surface area contributed by atoms with E-state index in [9.17, 15) is 9.59 Å². The van der Waals surface area contributed by atoms with Gasteiger partial charge in [-0.1, -0.05) is 29.3 Å². The topological polar surface area (TPSA) is 68.5 Å². The van der Waals surface area contributed by atoms with E-state index in [1.807, 2.05) is 0 Å². The van der Waals surface area contributed by atoms with Crippen molar-refractivity contribution in [2.45, 2.75) is 26.0 Å². The monoisotopic (exact) mass is 433 g/mol. The van der Waals surface area contributed by atoms with E-state index in [0.29, 0.717) is 20.3 Å². The maximum Gasteiger partial charge on any atom is 0.375 e. The minimum absolute atomic E-state index is 0.00955. The molecule has 0 saturated carbocycles. The van der Waals surface area contributed by atoms with E-state index in [-0.39, 0.29) is 11.8 Å². The van der Waals surface area contributed by atoms with Gasteiger partial charge in [0.05, 0.1) is 6.04 Å². The molecule has 0 aliphatic heterocycles. The number of benzene rings is 1. The Morgan fingerprint density at radius 2 is 1.92 bits per heavy atom. The molecule has 2 unspecified atom stereocenters. The van der Waals surface area contributed by atoms with Crippen LogP contribution in [0.15, 0.2) is 39.4 Å². The maximum atomic E-state index is 12.2. The van der Waals surface area contributed by atoms with Gasteiger partial charge in [0.2, 0.25) is 5.76 Å². The molecule has 1 heterocycles. The summed E-state index contributed by atoms with van der Waals surface area (Å²) in [4.78, 5) is 24.0. The molecule has 1 amide bonds. The lowest BCUT2D eigenvalue weighted by Crippen LogP contribution is -2.37. The number of rotatable bonds is 5. The Morgan fingerprint density at radius 1 is 1.21 bits per heavy atom. The standard InChI is InChI=1S/C16H14BrCl2NO4/c1-8(11-4-3-10(18)7-12(11)19)20-15(21)9(2)23-16(22)13-5-6-14(17)24-13/h3-9H,1-2H3,(H,20,21). The molecular formula is C16H14BrCl2NO4. The van der Waals surface area contributed by atoms with Gasteiger partial charge in [-0.25, -0.2) is 4.79 Å². The van der Waals surface area contributed by atoms with Crippen LogP contribution in [0.1, 0.15) is 36.0 Å². The molecule has 0 spiro atoms. The average molecular weight is 435 g/mol. The molecule has 2 rings (SSSR count). The fraction of sp³-hybridized carbons (Fsp3) is 0.250. The van der Waals surface area contributed by atoms with Crippen molar-refractivity contribution in [1.29, 1.82) is 0 Å². The van der Waals surface area contributed by atoms with Gasteiger partial charge in [0, 0.05) is 10.0 Å². The van der Waals surface area contributed by atoms with Crippen LogP contribution in [-0.4, -0.2) is 18.0 Å². The Labute approximate surface area is 157 Å². The molecule has 2 aromatic rings. The van der Waals surface area contributed by atoms with Crippen molar-refractivity contribution in [3.8, 4) is 0 Å². The Hall–Kier alpha value is -1.50. The van der Waals surface area contributed by atoms with Crippen LogP contribution in [0, 0.1) is 0 Å². The van der Waals surface area contributed by atoms with Crippen LogP contribution >= 0.6 is 39.1 Å². The summed E-state index contributed by atoms with van der Waals surface area (Å²) in [5, 5.41) is 3.69. The van der Waals surface area contributed by atoms with Crippen molar-refractivity contribution in [3.63, 3.8) is 0 Å². The number of ether oxygens (including phenoxy) is 1. The smallest absolute Gasteiger partial charge is 0.375 e. The summed E-state index contributed by atoms with van der Waals surface area (Å²) >= 11 is 15.1. The fourth-order valence-corrected chi connectivity index (χ4v) is 2.84. The van der Waals surface area contributed by atoms with Gasteiger partial charge in [-0.2, -0.15) is 0 Å². The number of esters is 1. The van der Waals surface area contributed by atoms with Crippen molar-refractivity contribution >= 4 is 51.0 Å². The van der Waals surface area contributed by atoms with Gasteiger partial charge in [0.1, 0.15) is 0 Å². The average Bonchev–Trinajstić information content (AvgIpc) is 2.93. The molecule has 0 fully saturated rings. The van der Waals surface area contributed by atoms with Crippen LogP contribution in [0.3, 0.4) is 0 Å². The summed E-state index contributed by atoms with van der Waals surface area (Å²) in [5.41, 5.74) is 0.711. The molecule has 0 aliphatic carbocycles. The SMILES string of the molecule is CC(OC(=O)c1ccc(Br)o1)C(=O)NC(C)c1ccc(Cl)cc1Cl. The van der Waals surface area contributed by atoms with E-state index in [2.05, 4.69) is 21.2 Å². The second kappa shape index (κ2) is 8.05. The highest BCUT2D eigenvalue weighted by atomic mass is 79.9. The Kier molecular flexibility index (Phi) is 6.32. The molecular weight excluding hydrogens is 421 g/mol. The van der Waals surface area contributed by atoms with Crippen molar-refractivity contribution in [1.82, 2.24) is 5.32 Å². The maximum absolute atomic E-state index is 12.2. The van der Waals surface area contributed by atoms with E-state index in [4.69, 9.17) is 32.4 Å². The first-order valence-corrected chi connectivity index (χ1v) is 8.54. The first-order valence-electron chi connectivity index (χ1n) is 6.99. The fourth-order valence-electron chi connectivity index (χ4n) is 1.96. The van der Waals surface area contributed by atoms with Crippen LogP contribution in [0.4, 0.5) is 0 Å². The van der Waals surface area contributed by atoms with Crippen LogP contribution in [-0.2, 0) is 9.53 Å². The summed E-state index contributed by atoms with van der Waals surface area (Å²) < 4.78 is 10.6. The highest BCUT2D eigenvalue weighted by Gasteiger charge is 2.23. The second-order valence-electron chi connectivity index (χ2n) is 5.05. The van der Waals surface area contributed by atoms with Crippen LogP contribution in [0.5, 0.6) is 0 Å². The zero-order valence-corrected chi connectivity index (χ0v) is 15.9. The molecule has 128 valence electrons. The van der Waals surface area contributed by atoms with Gasteiger partial charge in [0.15, 0.2) is 10.8 Å². The quantitative estimate of drug-likeness (QED) is 0.688. The molecule has 2 atom stereocenters. The van der Waals surface area contributed by atoms with Gasteiger partial charge in [-0.05, 0) is 59.6 Å². The van der Waals surface area contributed by atoms with E-state index in [0.717, 1.165) is 0 Å². The van der Waals surface area contributed by atoms with Gasteiger partial charge in [0.25, 0.3) is 5.91 Å². The van der Waals surface area contributed by atoms with Gasteiger partial charge in [-0.15, -0.1) is 0 Å². The molecule has 1 aromatic carbocycles. The van der Waals surface area contributed by atoms with Crippen molar-refractivity contribution in [2.75, 3.05) is 0 Å². The van der Waals surface area contributed by atoms with E-state index in [1.54, 1.807) is 31.2 Å². The molecule has 5 nitrogen and oxygen atoms in total.